The van der Waals surface area contributed by atoms with E-state index in [0.29, 0.717) is 6.54 Å². The summed E-state index contributed by atoms with van der Waals surface area (Å²) in [6.45, 7) is 0.619. The van der Waals surface area contributed by atoms with Crippen molar-refractivity contribution in [1.82, 2.24) is 4.90 Å². The topological polar surface area (TPSA) is 23.6 Å². The highest BCUT2D eigenvalue weighted by atomic mass is 16.2. The zero-order valence-corrected chi connectivity index (χ0v) is 17.1. The van der Waals surface area contributed by atoms with Crippen LogP contribution in [-0.2, 0) is 11.3 Å². The lowest BCUT2D eigenvalue weighted by molar-refractivity contribution is -0.127. The van der Waals surface area contributed by atoms with Gasteiger partial charge in [0.05, 0.1) is 0 Å². The predicted octanol–water partition coefficient (Wildman–Crippen LogP) is 6.06. The van der Waals surface area contributed by atoms with Gasteiger partial charge in [0, 0.05) is 23.5 Å². The number of carbonyl (C=O) groups excluding carboxylic acids is 1. The molecule has 0 saturated carbocycles. The summed E-state index contributed by atoms with van der Waals surface area (Å²) in [4.78, 5) is 18.0. The maximum Gasteiger partial charge on any atom is 0.252 e. The Morgan fingerprint density at radius 1 is 0.733 bits per heavy atom. The first-order chi connectivity index (χ1) is 14.8. The van der Waals surface area contributed by atoms with Crippen molar-refractivity contribution in [3.63, 3.8) is 0 Å². The molecule has 1 heterocycles. The summed E-state index contributed by atoms with van der Waals surface area (Å²) < 4.78 is 0. The summed E-state index contributed by atoms with van der Waals surface area (Å²) in [5.74, 6) is 0.204. The van der Waals surface area contributed by atoms with E-state index in [0.717, 1.165) is 48.2 Å². The van der Waals surface area contributed by atoms with Crippen molar-refractivity contribution >= 4 is 17.3 Å². The molecule has 0 N–H and O–H groups in total. The van der Waals surface area contributed by atoms with Gasteiger partial charge in [0.15, 0.2) is 0 Å². The maximum atomic E-state index is 13.6. The second-order valence-corrected chi connectivity index (χ2v) is 8.04. The lowest BCUT2D eigenvalue weighted by Gasteiger charge is -2.39. The Bertz CT molecular complexity index is 1000. The van der Waals surface area contributed by atoms with E-state index in [-0.39, 0.29) is 12.1 Å². The van der Waals surface area contributed by atoms with Gasteiger partial charge in [-0.1, -0.05) is 66.7 Å². The Morgan fingerprint density at radius 2 is 1.27 bits per heavy atom. The molecule has 3 aromatic carbocycles. The average Bonchev–Trinajstić information content (AvgIpc) is 3.08. The van der Waals surface area contributed by atoms with E-state index in [1.54, 1.807) is 0 Å². The first kappa shape index (κ1) is 18.7. The van der Waals surface area contributed by atoms with Crippen LogP contribution in [0.1, 0.15) is 31.2 Å². The van der Waals surface area contributed by atoms with Crippen molar-refractivity contribution in [2.45, 2.75) is 38.4 Å². The molecule has 1 amide bonds. The highest BCUT2D eigenvalue weighted by molar-refractivity contribution is 5.99. The van der Waals surface area contributed by atoms with Crippen LogP contribution >= 0.6 is 0 Å². The molecule has 1 atom stereocenters. The fourth-order valence-electron chi connectivity index (χ4n) is 4.77. The van der Waals surface area contributed by atoms with Crippen LogP contribution in [0.25, 0.3) is 0 Å². The Kier molecular flexibility index (Phi) is 5.10. The Balaban J connectivity index is 1.63. The van der Waals surface area contributed by atoms with Crippen molar-refractivity contribution in [3.8, 4) is 0 Å². The molecule has 0 bridgehead atoms. The smallest absolute Gasteiger partial charge is 0.252 e. The fourth-order valence-corrected chi connectivity index (χ4v) is 4.77. The van der Waals surface area contributed by atoms with Crippen LogP contribution in [0, 0.1) is 0 Å². The van der Waals surface area contributed by atoms with Crippen LogP contribution < -0.4 is 4.90 Å². The fraction of sp³-hybridized carbons (Fsp3) is 0.222. The summed E-state index contributed by atoms with van der Waals surface area (Å²) in [5, 5.41) is 0. The number of rotatable bonds is 5. The van der Waals surface area contributed by atoms with Gasteiger partial charge in [0.1, 0.15) is 6.17 Å². The zero-order valence-electron chi connectivity index (χ0n) is 17.1. The molecule has 0 fully saturated rings. The van der Waals surface area contributed by atoms with E-state index in [1.807, 2.05) is 30.3 Å². The number of hydrogen-bond donors (Lipinski definition) is 0. The van der Waals surface area contributed by atoms with Gasteiger partial charge < -0.3 is 9.80 Å². The molecule has 0 spiro atoms. The summed E-state index contributed by atoms with van der Waals surface area (Å²) >= 11 is 0. The Hall–Kier alpha value is -3.33. The number of carbonyl (C=O) groups is 1. The quantitative estimate of drug-likeness (QED) is 0.525. The SMILES string of the molecule is O=C1C2=C(CCCC2)C(N(c2ccccc2)c2ccccc2)N1Cc1ccccc1. The summed E-state index contributed by atoms with van der Waals surface area (Å²) in [5.41, 5.74) is 5.73. The third kappa shape index (κ3) is 3.41. The summed E-state index contributed by atoms with van der Waals surface area (Å²) in [6.07, 6.45) is 4.06. The summed E-state index contributed by atoms with van der Waals surface area (Å²) in [6, 6.07) is 31.2. The van der Waals surface area contributed by atoms with Crippen LogP contribution in [0.5, 0.6) is 0 Å². The number of amides is 1. The van der Waals surface area contributed by atoms with Gasteiger partial charge in [-0.25, -0.2) is 0 Å². The molecule has 2 aliphatic rings. The molecule has 1 aliphatic heterocycles. The van der Waals surface area contributed by atoms with Gasteiger partial charge in [0.2, 0.25) is 0 Å². The molecule has 1 aliphatic carbocycles. The third-order valence-corrected chi connectivity index (χ3v) is 6.15. The van der Waals surface area contributed by atoms with E-state index in [1.165, 1.54) is 5.57 Å². The van der Waals surface area contributed by atoms with Crippen LogP contribution in [-0.4, -0.2) is 17.0 Å². The summed E-state index contributed by atoms with van der Waals surface area (Å²) in [7, 11) is 0. The molecular formula is C27H26N2O. The second kappa shape index (κ2) is 8.19. The zero-order chi connectivity index (χ0) is 20.3. The van der Waals surface area contributed by atoms with E-state index < -0.39 is 0 Å². The average molecular weight is 395 g/mol. The normalized spacial score (nSPS) is 18.5. The first-order valence-electron chi connectivity index (χ1n) is 10.8. The van der Waals surface area contributed by atoms with E-state index in [2.05, 4.69) is 70.5 Å². The second-order valence-electron chi connectivity index (χ2n) is 8.04. The number of nitrogens with zero attached hydrogens (tertiary/aromatic N) is 2. The van der Waals surface area contributed by atoms with Gasteiger partial charge in [0.25, 0.3) is 5.91 Å². The van der Waals surface area contributed by atoms with Gasteiger partial charge in [-0.2, -0.15) is 0 Å². The minimum absolute atomic E-state index is 0.0854. The Morgan fingerprint density at radius 3 is 1.87 bits per heavy atom. The van der Waals surface area contributed by atoms with Crippen molar-refractivity contribution in [1.29, 1.82) is 0 Å². The third-order valence-electron chi connectivity index (χ3n) is 6.15. The minimum atomic E-state index is -0.0854. The number of para-hydroxylation sites is 2. The molecule has 0 radical (unpaired) electrons. The van der Waals surface area contributed by atoms with Gasteiger partial charge in [-0.15, -0.1) is 0 Å². The lowest BCUT2D eigenvalue weighted by atomic mass is 9.92. The maximum absolute atomic E-state index is 13.6. The molecule has 3 aromatic rings. The predicted molar refractivity (Wildman–Crippen MR) is 121 cm³/mol. The number of anilines is 2. The molecule has 150 valence electrons. The van der Waals surface area contributed by atoms with Gasteiger partial charge in [-0.05, 0) is 61.1 Å². The first-order valence-corrected chi connectivity index (χ1v) is 10.8. The van der Waals surface area contributed by atoms with Crippen molar-refractivity contribution < 1.29 is 4.79 Å². The number of benzene rings is 3. The van der Waals surface area contributed by atoms with Crippen molar-refractivity contribution in [2.75, 3.05) is 4.90 Å². The molecule has 0 aromatic heterocycles. The monoisotopic (exact) mass is 394 g/mol. The van der Waals surface area contributed by atoms with Crippen LogP contribution in [0.4, 0.5) is 11.4 Å². The minimum Gasteiger partial charge on any atom is -0.317 e. The molecule has 30 heavy (non-hydrogen) atoms. The van der Waals surface area contributed by atoms with Crippen molar-refractivity contribution in [2.24, 2.45) is 0 Å². The van der Waals surface area contributed by atoms with Crippen LogP contribution in [0.15, 0.2) is 102 Å². The molecular weight excluding hydrogens is 368 g/mol. The molecule has 3 heteroatoms. The number of hydrogen-bond acceptors (Lipinski definition) is 2. The van der Waals surface area contributed by atoms with Crippen molar-refractivity contribution in [3.05, 3.63) is 108 Å². The standard InChI is InChI=1S/C27H26N2O/c30-27-25-19-11-10-18-24(25)26(28(27)20-21-12-4-1-5-13-21)29(22-14-6-2-7-15-22)23-16-8-3-9-17-23/h1-9,12-17,26H,10-11,18-20H2. The molecule has 5 rings (SSSR count). The molecule has 1 unspecified atom stereocenters. The highest BCUT2D eigenvalue weighted by Crippen LogP contribution is 2.42. The largest absolute Gasteiger partial charge is 0.317 e. The van der Waals surface area contributed by atoms with Gasteiger partial charge >= 0.3 is 0 Å². The highest BCUT2D eigenvalue weighted by Gasteiger charge is 2.43. The molecule has 0 saturated heterocycles. The van der Waals surface area contributed by atoms with E-state index in [4.69, 9.17) is 0 Å². The van der Waals surface area contributed by atoms with E-state index in [9.17, 15) is 4.79 Å². The van der Waals surface area contributed by atoms with Gasteiger partial charge in [-0.3, -0.25) is 4.79 Å². The van der Waals surface area contributed by atoms with E-state index >= 15 is 0 Å². The van der Waals surface area contributed by atoms with Crippen LogP contribution in [0.3, 0.4) is 0 Å². The van der Waals surface area contributed by atoms with Crippen LogP contribution in [0.2, 0.25) is 0 Å². The Labute approximate surface area is 178 Å². The molecule has 3 nitrogen and oxygen atoms in total. The lowest BCUT2D eigenvalue weighted by Crippen LogP contribution is -2.45.